The molecule has 0 saturated heterocycles. The van der Waals surface area contributed by atoms with Gasteiger partial charge in [0.2, 0.25) is 5.88 Å². The molecule has 0 spiro atoms. The van der Waals surface area contributed by atoms with Crippen molar-refractivity contribution in [1.29, 1.82) is 0 Å². The van der Waals surface area contributed by atoms with Crippen molar-refractivity contribution in [3.05, 3.63) is 22.9 Å². The number of halogens is 2. The normalized spacial score (nSPS) is 10.5. The second-order valence-corrected chi connectivity index (χ2v) is 2.75. The van der Waals surface area contributed by atoms with Crippen LogP contribution in [-0.2, 0) is 6.54 Å². The Bertz CT molecular complexity index is 369. The van der Waals surface area contributed by atoms with Gasteiger partial charge in [-0.25, -0.2) is 13.8 Å². The van der Waals surface area contributed by atoms with Gasteiger partial charge in [0.15, 0.2) is 6.29 Å². The fourth-order valence-electron chi connectivity index (χ4n) is 1.18. The third kappa shape index (κ3) is 2.27. The van der Waals surface area contributed by atoms with Gasteiger partial charge in [-0.2, -0.15) is 0 Å². The maximum atomic E-state index is 12.6. The molecule has 0 aliphatic rings. The summed E-state index contributed by atoms with van der Waals surface area (Å²) in [5.41, 5.74) is 5.00. The van der Waals surface area contributed by atoms with E-state index in [-0.39, 0.29) is 18.0 Å². The zero-order valence-electron chi connectivity index (χ0n) is 8.04. The summed E-state index contributed by atoms with van der Waals surface area (Å²) in [6.45, 7) is 0.0563. The van der Waals surface area contributed by atoms with E-state index in [9.17, 15) is 13.6 Å². The number of methoxy groups -OCH3 is 1. The van der Waals surface area contributed by atoms with Crippen LogP contribution in [0.3, 0.4) is 0 Å². The Morgan fingerprint density at radius 2 is 2.33 bits per heavy atom. The van der Waals surface area contributed by atoms with Crippen LogP contribution < -0.4 is 10.5 Å². The van der Waals surface area contributed by atoms with Gasteiger partial charge in [-0.1, -0.05) is 0 Å². The topological polar surface area (TPSA) is 65.2 Å². The largest absolute Gasteiger partial charge is 0.481 e. The quantitative estimate of drug-likeness (QED) is 0.770. The maximum Gasteiger partial charge on any atom is 0.269 e. The van der Waals surface area contributed by atoms with Crippen LogP contribution in [0, 0.1) is 0 Å². The lowest BCUT2D eigenvalue weighted by atomic mass is 10.1. The number of hydrogen-bond donors (Lipinski definition) is 1. The van der Waals surface area contributed by atoms with Crippen molar-refractivity contribution in [2.75, 3.05) is 7.11 Å². The summed E-state index contributed by atoms with van der Waals surface area (Å²) in [7, 11) is 1.21. The monoisotopic (exact) mass is 216 g/mol. The van der Waals surface area contributed by atoms with Gasteiger partial charge in [0, 0.05) is 12.1 Å². The van der Waals surface area contributed by atoms with Crippen LogP contribution in [0.25, 0.3) is 0 Å². The Morgan fingerprint density at radius 3 is 2.73 bits per heavy atom. The van der Waals surface area contributed by atoms with Gasteiger partial charge in [0.05, 0.1) is 18.4 Å². The van der Waals surface area contributed by atoms with Crippen molar-refractivity contribution in [2.45, 2.75) is 13.0 Å². The molecule has 0 aromatic carbocycles. The first-order chi connectivity index (χ1) is 7.13. The van der Waals surface area contributed by atoms with Crippen molar-refractivity contribution in [1.82, 2.24) is 4.98 Å². The summed E-state index contributed by atoms with van der Waals surface area (Å²) in [5, 5.41) is 0. The zero-order valence-corrected chi connectivity index (χ0v) is 8.04. The van der Waals surface area contributed by atoms with E-state index in [0.29, 0.717) is 12.0 Å². The van der Waals surface area contributed by atoms with Gasteiger partial charge in [-0.3, -0.25) is 4.79 Å². The van der Waals surface area contributed by atoms with E-state index in [0.717, 1.165) is 0 Å². The number of rotatable bonds is 4. The zero-order chi connectivity index (χ0) is 11.4. The molecule has 1 aromatic rings. The Labute approximate surface area is 85.1 Å². The number of aromatic nitrogens is 1. The molecule has 82 valence electrons. The van der Waals surface area contributed by atoms with E-state index < -0.39 is 12.0 Å². The molecule has 6 heteroatoms. The minimum atomic E-state index is -2.81. The number of nitrogens with two attached hydrogens (primary N) is 1. The number of aldehydes is 1. The van der Waals surface area contributed by atoms with Crippen LogP contribution in [0.4, 0.5) is 8.78 Å². The number of ether oxygens (including phenoxy) is 1. The van der Waals surface area contributed by atoms with E-state index in [1.807, 2.05) is 0 Å². The van der Waals surface area contributed by atoms with Gasteiger partial charge in [-0.05, 0) is 6.07 Å². The molecule has 0 radical (unpaired) electrons. The minimum Gasteiger partial charge on any atom is -0.481 e. The lowest BCUT2D eigenvalue weighted by Gasteiger charge is -2.10. The second-order valence-electron chi connectivity index (χ2n) is 2.75. The molecular formula is C9H10F2N2O2. The average molecular weight is 216 g/mol. The molecule has 0 bridgehead atoms. The number of pyridine rings is 1. The molecule has 1 aromatic heterocycles. The van der Waals surface area contributed by atoms with Crippen molar-refractivity contribution in [3.8, 4) is 5.88 Å². The Kier molecular flexibility index (Phi) is 3.68. The lowest BCUT2D eigenvalue weighted by molar-refractivity contribution is 0.110. The lowest BCUT2D eigenvalue weighted by Crippen LogP contribution is -2.07. The molecule has 0 unspecified atom stereocenters. The first-order valence-corrected chi connectivity index (χ1v) is 4.15. The van der Waals surface area contributed by atoms with Gasteiger partial charge in [-0.15, -0.1) is 0 Å². The van der Waals surface area contributed by atoms with Crippen LogP contribution in [0.15, 0.2) is 6.07 Å². The van der Waals surface area contributed by atoms with Gasteiger partial charge >= 0.3 is 0 Å². The van der Waals surface area contributed by atoms with E-state index in [1.165, 1.54) is 13.2 Å². The second kappa shape index (κ2) is 4.79. The summed E-state index contributed by atoms with van der Waals surface area (Å²) in [6, 6.07) is 1.23. The van der Waals surface area contributed by atoms with Gasteiger partial charge in [0.1, 0.15) is 0 Å². The summed E-state index contributed by atoms with van der Waals surface area (Å²) < 4.78 is 29.9. The summed E-state index contributed by atoms with van der Waals surface area (Å²) in [5.74, 6) is -0.255. The molecule has 2 N–H and O–H groups in total. The third-order valence-corrected chi connectivity index (χ3v) is 1.86. The van der Waals surface area contributed by atoms with Crippen LogP contribution in [0.5, 0.6) is 5.88 Å². The molecule has 15 heavy (non-hydrogen) atoms. The van der Waals surface area contributed by atoms with Crippen molar-refractivity contribution >= 4 is 6.29 Å². The highest BCUT2D eigenvalue weighted by Gasteiger charge is 2.20. The maximum absolute atomic E-state index is 12.6. The Hall–Kier alpha value is -1.56. The average Bonchev–Trinajstić information content (AvgIpc) is 2.26. The molecule has 0 aliphatic carbocycles. The molecular weight excluding hydrogens is 206 g/mol. The summed E-state index contributed by atoms with van der Waals surface area (Å²) in [6.07, 6.45) is -2.47. The van der Waals surface area contributed by atoms with Crippen LogP contribution in [0.2, 0.25) is 0 Å². The fourth-order valence-corrected chi connectivity index (χ4v) is 1.18. The molecule has 1 heterocycles. The Morgan fingerprint density at radius 1 is 1.67 bits per heavy atom. The molecule has 0 fully saturated rings. The Balaban J connectivity index is 3.39. The minimum absolute atomic E-state index is 0.0563. The molecule has 4 nitrogen and oxygen atoms in total. The number of alkyl halides is 2. The van der Waals surface area contributed by atoms with Crippen molar-refractivity contribution in [2.24, 2.45) is 5.73 Å². The molecule has 0 saturated carbocycles. The van der Waals surface area contributed by atoms with Gasteiger partial charge in [0.25, 0.3) is 6.43 Å². The number of nitrogens with zero attached hydrogens (tertiary/aromatic N) is 1. The van der Waals surface area contributed by atoms with E-state index in [1.54, 1.807) is 0 Å². The first kappa shape index (κ1) is 11.5. The molecule has 0 amide bonds. The van der Waals surface area contributed by atoms with Crippen molar-refractivity contribution < 1.29 is 18.3 Å². The number of hydrogen-bond acceptors (Lipinski definition) is 4. The summed E-state index contributed by atoms with van der Waals surface area (Å²) >= 11 is 0. The van der Waals surface area contributed by atoms with Crippen LogP contribution >= 0.6 is 0 Å². The van der Waals surface area contributed by atoms with Crippen molar-refractivity contribution in [3.63, 3.8) is 0 Å². The third-order valence-electron chi connectivity index (χ3n) is 1.86. The van der Waals surface area contributed by atoms with E-state index in [4.69, 9.17) is 5.73 Å². The highest BCUT2D eigenvalue weighted by atomic mass is 19.3. The van der Waals surface area contributed by atoms with Crippen LogP contribution in [-0.4, -0.2) is 18.4 Å². The molecule has 0 atom stereocenters. The highest BCUT2D eigenvalue weighted by Crippen LogP contribution is 2.30. The SMILES string of the molecule is COc1nc(CN)cc(C=O)c1C(F)F. The summed E-state index contributed by atoms with van der Waals surface area (Å²) in [4.78, 5) is 14.4. The molecule has 1 rings (SSSR count). The number of carbonyl (C=O) groups is 1. The predicted molar refractivity (Wildman–Crippen MR) is 49.0 cm³/mol. The smallest absolute Gasteiger partial charge is 0.269 e. The predicted octanol–water partition coefficient (Wildman–Crippen LogP) is 1.30. The van der Waals surface area contributed by atoms with E-state index >= 15 is 0 Å². The standard InChI is InChI=1S/C9H10F2N2O2/c1-15-9-7(8(10)11)5(4-14)2-6(3-12)13-9/h2,4,8H,3,12H2,1H3. The fraction of sp³-hybridized carbons (Fsp3) is 0.333. The molecule has 0 aliphatic heterocycles. The van der Waals surface area contributed by atoms with E-state index in [2.05, 4.69) is 9.72 Å². The first-order valence-electron chi connectivity index (χ1n) is 4.15. The number of carbonyl (C=O) groups excluding carboxylic acids is 1. The van der Waals surface area contributed by atoms with Crippen LogP contribution in [0.1, 0.15) is 28.0 Å². The highest BCUT2D eigenvalue weighted by molar-refractivity contribution is 5.78. The van der Waals surface area contributed by atoms with Gasteiger partial charge < -0.3 is 10.5 Å².